The van der Waals surface area contributed by atoms with Crippen molar-refractivity contribution < 1.29 is 32.6 Å². The highest BCUT2D eigenvalue weighted by Crippen LogP contribution is 2.32. The van der Waals surface area contributed by atoms with Crippen molar-refractivity contribution in [2.45, 2.75) is 102 Å². The van der Waals surface area contributed by atoms with Gasteiger partial charge in [0.15, 0.2) is 11.5 Å². The van der Waals surface area contributed by atoms with Crippen LogP contribution in [-0.4, -0.2) is 50.7 Å². The lowest BCUT2D eigenvalue weighted by Gasteiger charge is -2.17. The molecule has 0 atom stereocenters. The van der Waals surface area contributed by atoms with Crippen LogP contribution in [-0.2, 0) is 10.0 Å². The molecule has 2 aromatic carbocycles. The number of nitrogens with one attached hydrogen (secondary N) is 1. The normalized spacial score (nSPS) is 12.0. The Morgan fingerprint density at radius 1 is 0.791 bits per heavy atom. The molecule has 0 radical (unpaired) electrons. The summed E-state index contributed by atoms with van der Waals surface area (Å²) in [6, 6.07) is 10.1. The van der Waals surface area contributed by atoms with Gasteiger partial charge in [-0.05, 0) is 48.9 Å². The predicted molar refractivity (Wildman–Crippen MR) is 168 cm³/mol. The maximum atomic E-state index is 12.5. The average molecular weight is 620 g/mol. The van der Waals surface area contributed by atoms with Crippen molar-refractivity contribution >= 4 is 21.9 Å². The zero-order valence-electron chi connectivity index (χ0n) is 25.7. The van der Waals surface area contributed by atoms with Gasteiger partial charge in [0.05, 0.1) is 10.5 Å². The minimum Gasteiger partial charge on any atom is -0.478 e. The van der Waals surface area contributed by atoms with Gasteiger partial charge >= 0.3 is 5.97 Å². The zero-order valence-corrected chi connectivity index (χ0v) is 26.5. The minimum atomic E-state index is -3.71. The van der Waals surface area contributed by atoms with Crippen molar-refractivity contribution in [3.05, 3.63) is 53.6 Å². The third-order valence-electron chi connectivity index (χ3n) is 7.38. The number of carboxylic acids is 1. The number of carboxylic acid groups (broad SMARTS) is 1. The van der Waals surface area contributed by atoms with Gasteiger partial charge in [0.2, 0.25) is 6.79 Å². The number of fused-ring (bicyclic) bond motifs is 1. The fraction of sp³-hybridized carbons (Fsp3) is 0.562. The number of aromatic carboxylic acids is 1. The molecule has 3 rings (SSSR count). The second kappa shape index (κ2) is 19.9. The second-order valence-corrected chi connectivity index (χ2v) is 12.6. The highest BCUT2D eigenvalue weighted by atomic mass is 32.2. The van der Waals surface area contributed by atoms with Crippen molar-refractivity contribution in [2.24, 2.45) is 5.84 Å². The SMILES string of the molecule is CCCCCCCCCCCCCCCCN(C)C(=O)c1ccc2c(c1)OCO2.NNS(=O)(=O)c1ccc(C(=O)O)cc1. The van der Waals surface area contributed by atoms with Gasteiger partial charge in [0.25, 0.3) is 15.9 Å². The Hall–Kier alpha value is -3.15. The summed E-state index contributed by atoms with van der Waals surface area (Å²) in [7, 11) is -1.82. The standard InChI is InChI=1S/C25H41NO3.C7H8N2O4S/c1-3-4-5-6-7-8-9-10-11-12-13-14-15-16-19-26(2)25(27)22-17-18-23-24(20-22)29-21-28-23;8-9-14(12,13)6-3-1-5(2-4-6)7(10)11/h17-18,20H,3-16,19,21H2,1-2H3;1-4,9H,8H2,(H,10,11). The van der Waals surface area contributed by atoms with Crippen LogP contribution >= 0.6 is 0 Å². The second-order valence-electron chi connectivity index (χ2n) is 10.8. The third-order valence-corrected chi connectivity index (χ3v) is 8.58. The molecular formula is C32H49N3O7S. The molecule has 0 bridgehead atoms. The topological polar surface area (TPSA) is 148 Å². The summed E-state index contributed by atoms with van der Waals surface area (Å²) >= 11 is 0. The fourth-order valence-corrected chi connectivity index (χ4v) is 5.37. The first-order valence-corrected chi connectivity index (χ1v) is 16.9. The fourth-order valence-electron chi connectivity index (χ4n) is 4.74. The maximum absolute atomic E-state index is 12.5. The zero-order chi connectivity index (χ0) is 31.5. The number of nitrogens with two attached hydrogens (primary N) is 1. The highest BCUT2D eigenvalue weighted by molar-refractivity contribution is 7.89. The van der Waals surface area contributed by atoms with Crippen LogP contribution in [0, 0.1) is 0 Å². The van der Waals surface area contributed by atoms with Gasteiger partial charge in [-0.2, -0.15) is 4.83 Å². The van der Waals surface area contributed by atoms with Crippen molar-refractivity contribution in [2.75, 3.05) is 20.4 Å². The third kappa shape index (κ3) is 13.4. The number of carbonyl (C=O) groups excluding carboxylic acids is 1. The van der Waals surface area contributed by atoms with Gasteiger partial charge in [0, 0.05) is 19.2 Å². The first kappa shape index (κ1) is 36.0. The molecule has 43 heavy (non-hydrogen) atoms. The number of carbonyl (C=O) groups is 2. The molecule has 0 saturated carbocycles. The molecule has 0 unspecified atom stereocenters. The molecule has 0 spiro atoms. The van der Waals surface area contributed by atoms with E-state index in [4.69, 9.17) is 20.4 Å². The van der Waals surface area contributed by atoms with E-state index < -0.39 is 16.0 Å². The predicted octanol–water partition coefficient (Wildman–Crippen LogP) is 6.51. The number of rotatable bonds is 19. The summed E-state index contributed by atoms with van der Waals surface area (Å²) < 4.78 is 32.9. The molecule has 0 saturated heterocycles. The first-order chi connectivity index (χ1) is 20.7. The molecule has 4 N–H and O–H groups in total. The molecule has 10 nitrogen and oxygen atoms in total. The van der Waals surface area contributed by atoms with Gasteiger partial charge in [0.1, 0.15) is 0 Å². The molecule has 11 heteroatoms. The van der Waals surface area contributed by atoms with E-state index in [-0.39, 0.29) is 23.2 Å². The van der Waals surface area contributed by atoms with E-state index >= 15 is 0 Å². The Morgan fingerprint density at radius 2 is 1.28 bits per heavy atom. The molecule has 1 heterocycles. The quantitative estimate of drug-likeness (QED) is 0.0916. The van der Waals surface area contributed by atoms with Crippen molar-refractivity contribution in [3.8, 4) is 11.5 Å². The molecule has 0 aromatic heterocycles. The van der Waals surface area contributed by atoms with Crippen LogP contribution in [0.1, 0.15) is 118 Å². The van der Waals surface area contributed by atoms with E-state index in [2.05, 4.69) is 6.92 Å². The van der Waals surface area contributed by atoms with Crippen LogP contribution in [0.25, 0.3) is 0 Å². The Bertz CT molecular complexity index is 1220. The van der Waals surface area contributed by atoms with Gasteiger partial charge in [-0.3, -0.25) is 10.6 Å². The molecule has 240 valence electrons. The number of unbranched alkanes of at least 4 members (excludes halogenated alkanes) is 13. The number of benzene rings is 2. The molecule has 1 aliphatic rings. The Morgan fingerprint density at radius 3 is 1.79 bits per heavy atom. The van der Waals surface area contributed by atoms with Crippen LogP contribution in [0.15, 0.2) is 47.4 Å². The van der Waals surface area contributed by atoms with Crippen molar-refractivity contribution in [1.82, 2.24) is 9.73 Å². The van der Waals surface area contributed by atoms with E-state index in [9.17, 15) is 18.0 Å². The number of sulfonamides is 1. The summed E-state index contributed by atoms with van der Waals surface area (Å²) in [6.07, 6.45) is 18.9. The van der Waals surface area contributed by atoms with E-state index in [1.807, 2.05) is 24.1 Å². The lowest BCUT2D eigenvalue weighted by molar-refractivity contribution is 0.0696. The molecule has 2 aromatic rings. The van der Waals surface area contributed by atoms with Gasteiger partial charge < -0.3 is 19.5 Å². The Kier molecular flexibility index (Phi) is 16.7. The number of amides is 1. The minimum absolute atomic E-state index is 0.0148. The van der Waals surface area contributed by atoms with E-state index in [1.165, 1.54) is 108 Å². The van der Waals surface area contributed by atoms with E-state index in [0.29, 0.717) is 11.3 Å². The molecular weight excluding hydrogens is 570 g/mol. The summed E-state index contributed by atoms with van der Waals surface area (Å²) in [5.74, 6) is 5.11. The van der Waals surface area contributed by atoms with Crippen LogP contribution in [0.4, 0.5) is 0 Å². The molecule has 0 fully saturated rings. The largest absolute Gasteiger partial charge is 0.478 e. The number of hydrogen-bond acceptors (Lipinski definition) is 7. The van der Waals surface area contributed by atoms with Gasteiger partial charge in [-0.25, -0.2) is 13.2 Å². The van der Waals surface area contributed by atoms with Crippen LogP contribution in [0.2, 0.25) is 0 Å². The molecule has 1 aliphatic heterocycles. The summed E-state index contributed by atoms with van der Waals surface area (Å²) in [5, 5.41) is 8.55. The monoisotopic (exact) mass is 619 g/mol. The lowest BCUT2D eigenvalue weighted by Crippen LogP contribution is -2.30. The van der Waals surface area contributed by atoms with Crippen LogP contribution in [0.5, 0.6) is 11.5 Å². The van der Waals surface area contributed by atoms with Crippen LogP contribution < -0.4 is 20.1 Å². The first-order valence-electron chi connectivity index (χ1n) is 15.4. The number of nitrogens with zero attached hydrogens (tertiary/aromatic N) is 1. The summed E-state index contributed by atoms with van der Waals surface area (Å²) in [4.78, 5) is 26.4. The summed E-state index contributed by atoms with van der Waals surface area (Å²) in [6.45, 7) is 3.33. The van der Waals surface area contributed by atoms with Gasteiger partial charge in [-0.1, -0.05) is 90.4 Å². The van der Waals surface area contributed by atoms with Crippen molar-refractivity contribution in [3.63, 3.8) is 0 Å². The number of hydrogen-bond donors (Lipinski definition) is 3. The van der Waals surface area contributed by atoms with Gasteiger partial charge in [-0.15, -0.1) is 0 Å². The Balaban J connectivity index is 0.000000385. The van der Waals surface area contributed by atoms with E-state index in [0.717, 1.165) is 18.7 Å². The number of ether oxygens (including phenoxy) is 2. The highest BCUT2D eigenvalue weighted by Gasteiger charge is 2.18. The van der Waals surface area contributed by atoms with E-state index in [1.54, 1.807) is 10.9 Å². The van der Waals surface area contributed by atoms with Crippen LogP contribution in [0.3, 0.4) is 0 Å². The number of hydrazine groups is 1. The molecule has 1 amide bonds. The smallest absolute Gasteiger partial charge is 0.335 e. The average Bonchev–Trinajstić information content (AvgIpc) is 3.49. The maximum Gasteiger partial charge on any atom is 0.335 e. The Labute approximate surface area is 257 Å². The lowest BCUT2D eigenvalue weighted by atomic mass is 10.0. The summed E-state index contributed by atoms with van der Waals surface area (Å²) in [5.41, 5.74) is 0.683. The molecule has 0 aliphatic carbocycles. The van der Waals surface area contributed by atoms with Crippen molar-refractivity contribution in [1.29, 1.82) is 0 Å².